The quantitative estimate of drug-likeness (QED) is 0.771. The Bertz CT molecular complexity index is 659. The Morgan fingerprint density at radius 3 is 2.33 bits per heavy atom. The summed E-state index contributed by atoms with van der Waals surface area (Å²) >= 11 is 9.13. The number of halogens is 5. The van der Waals surface area contributed by atoms with Gasteiger partial charge in [-0.15, -0.1) is 0 Å². The standard InChI is InChI=1S/C14H9BrClF3O2/c15-9-2-4-13(11(16)6-9)21-12-3-1-8(7-20)5-10(12)14(17,18)19/h1-6,20H,7H2. The number of rotatable bonds is 3. The van der Waals surface area contributed by atoms with Crippen molar-refractivity contribution in [1.29, 1.82) is 0 Å². The molecule has 0 aliphatic heterocycles. The van der Waals surface area contributed by atoms with Crippen molar-refractivity contribution in [2.24, 2.45) is 0 Å². The van der Waals surface area contributed by atoms with Crippen LogP contribution in [-0.2, 0) is 12.8 Å². The fourth-order valence-electron chi connectivity index (χ4n) is 1.66. The molecule has 112 valence electrons. The van der Waals surface area contributed by atoms with Crippen molar-refractivity contribution >= 4 is 27.5 Å². The molecule has 0 saturated heterocycles. The molecule has 0 amide bonds. The van der Waals surface area contributed by atoms with E-state index in [2.05, 4.69) is 15.9 Å². The normalized spacial score (nSPS) is 11.5. The minimum atomic E-state index is -4.59. The van der Waals surface area contributed by atoms with Gasteiger partial charge in [0.1, 0.15) is 11.5 Å². The van der Waals surface area contributed by atoms with E-state index in [0.29, 0.717) is 4.47 Å². The van der Waals surface area contributed by atoms with Gasteiger partial charge in [-0.25, -0.2) is 0 Å². The molecule has 7 heteroatoms. The lowest BCUT2D eigenvalue weighted by Crippen LogP contribution is -2.08. The first-order valence-corrected chi connectivity index (χ1v) is 6.92. The van der Waals surface area contributed by atoms with E-state index in [1.807, 2.05) is 0 Å². The number of aliphatic hydroxyl groups excluding tert-OH is 1. The van der Waals surface area contributed by atoms with Crippen LogP contribution in [0.4, 0.5) is 13.2 Å². The Morgan fingerprint density at radius 2 is 1.76 bits per heavy atom. The zero-order valence-electron chi connectivity index (χ0n) is 10.4. The van der Waals surface area contributed by atoms with Crippen LogP contribution >= 0.6 is 27.5 Å². The molecular weight excluding hydrogens is 373 g/mol. The van der Waals surface area contributed by atoms with E-state index in [4.69, 9.17) is 21.4 Å². The predicted octanol–water partition coefficient (Wildman–Crippen LogP) is 5.41. The molecule has 0 fully saturated rings. The molecular formula is C14H9BrClF3O2. The lowest BCUT2D eigenvalue weighted by molar-refractivity contribution is -0.138. The second-order valence-corrected chi connectivity index (χ2v) is 5.49. The van der Waals surface area contributed by atoms with Crippen LogP contribution in [0.2, 0.25) is 5.02 Å². The first-order valence-electron chi connectivity index (χ1n) is 5.75. The van der Waals surface area contributed by atoms with Crippen LogP contribution in [0, 0.1) is 0 Å². The Hall–Kier alpha value is -1.24. The van der Waals surface area contributed by atoms with E-state index in [1.165, 1.54) is 18.2 Å². The molecule has 2 aromatic carbocycles. The van der Waals surface area contributed by atoms with Crippen LogP contribution in [0.5, 0.6) is 11.5 Å². The van der Waals surface area contributed by atoms with Gasteiger partial charge >= 0.3 is 6.18 Å². The van der Waals surface area contributed by atoms with Crippen molar-refractivity contribution in [2.75, 3.05) is 0 Å². The maximum atomic E-state index is 13.0. The van der Waals surface area contributed by atoms with Crippen LogP contribution in [0.3, 0.4) is 0 Å². The van der Waals surface area contributed by atoms with Gasteiger partial charge in [-0.2, -0.15) is 13.2 Å². The molecule has 0 atom stereocenters. The highest BCUT2D eigenvalue weighted by molar-refractivity contribution is 9.10. The highest BCUT2D eigenvalue weighted by Crippen LogP contribution is 2.40. The maximum absolute atomic E-state index is 13.0. The van der Waals surface area contributed by atoms with E-state index < -0.39 is 18.3 Å². The van der Waals surface area contributed by atoms with Gasteiger partial charge in [0.2, 0.25) is 0 Å². The maximum Gasteiger partial charge on any atom is 0.419 e. The topological polar surface area (TPSA) is 29.5 Å². The summed E-state index contributed by atoms with van der Waals surface area (Å²) < 4.78 is 45.0. The highest BCUT2D eigenvalue weighted by Gasteiger charge is 2.35. The average molecular weight is 382 g/mol. The van der Waals surface area contributed by atoms with Crippen molar-refractivity contribution < 1.29 is 23.0 Å². The summed E-state index contributed by atoms with van der Waals surface area (Å²) in [6.07, 6.45) is -4.59. The summed E-state index contributed by atoms with van der Waals surface area (Å²) in [7, 11) is 0. The second-order valence-electron chi connectivity index (χ2n) is 4.16. The largest absolute Gasteiger partial charge is 0.455 e. The van der Waals surface area contributed by atoms with Crippen molar-refractivity contribution in [2.45, 2.75) is 12.8 Å². The van der Waals surface area contributed by atoms with Crippen LogP contribution in [0.25, 0.3) is 0 Å². The summed E-state index contributed by atoms with van der Waals surface area (Å²) in [6.45, 7) is -0.484. The summed E-state index contributed by atoms with van der Waals surface area (Å²) in [6, 6.07) is 7.96. The average Bonchev–Trinajstić information content (AvgIpc) is 2.41. The number of ether oxygens (including phenoxy) is 1. The molecule has 0 radical (unpaired) electrons. The molecule has 2 nitrogen and oxygen atoms in total. The van der Waals surface area contributed by atoms with Gasteiger partial charge in [-0.1, -0.05) is 33.6 Å². The first kappa shape index (κ1) is 16.1. The summed E-state index contributed by atoms with van der Waals surface area (Å²) in [5.74, 6) is -0.258. The van der Waals surface area contributed by atoms with Gasteiger partial charge < -0.3 is 9.84 Å². The lowest BCUT2D eigenvalue weighted by atomic mass is 10.1. The van der Waals surface area contributed by atoms with E-state index in [1.54, 1.807) is 6.07 Å². The molecule has 21 heavy (non-hydrogen) atoms. The highest BCUT2D eigenvalue weighted by atomic mass is 79.9. The fourth-order valence-corrected chi connectivity index (χ4v) is 2.37. The smallest absolute Gasteiger partial charge is 0.419 e. The van der Waals surface area contributed by atoms with Gasteiger partial charge in [-0.3, -0.25) is 0 Å². The SMILES string of the molecule is OCc1ccc(Oc2ccc(Br)cc2Cl)c(C(F)(F)F)c1. The Kier molecular flexibility index (Phi) is 4.81. The van der Waals surface area contributed by atoms with Crippen molar-refractivity contribution in [3.05, 3.63) is 57.0 Å². The summed E-state index contributed by atoms with van der Waals surface area (Å²) in [5, 5.41) is 9.13. The molecule has 0 aliphatic rings. The fraction of sp³-hybridized carbons (Fsp3) is 0.143. The number of alkyl halides is 3. The third-order valence-corrected chi connectivity index (χ3v) is 3.43. The second kappa shape index (κ2) is 6.25. The molecule has 0 heterocycles. The molecule has 0 unspecified atom stereocenters. The summed E-state index contributed by atoms with van der Waals surface area (Å²) in [5.41, 5.74) is -0.815. The van der Waals surface area contributed by atoms with Gasteiger partial charge in [0.15, 0.2) is 0 Å². The molecule has 0 spiro atoms. The zero-order valence-corrected chi connectivity index (χ0v) is 12.8. The molecule has 0 aliphatic carbocycles. The third-order valence-electron chi connectivity index (χ3n) is 2.65. The molecule has 0 saturated carbocycles. The van der Waals surface area contributed by atoms with E-state index in [-0.39, 0.29) is 22.1 Å². The lowest BCUT2D eigenvalue weighted by Gasteiger charge is -2.15. The number of hydrogen-bond acceptors (Lipinski definition) is 2. The Morgan fingerprint density at radius 1 is 1.10 bits per heavy atom. The van der Waals surface area contributed by atoms with Crippen LogP contribution in [0.1, 0.15) is 11.1 Å². The van der Waals surface area contributed by atoms with Crippen molar-refractivity contribution in [3.63, 3.8) is 0 Å². The van der Waals surface area contributed by atoms with E-state index in [9.17, 15) is 13.2 Å². The Balaban J connectivity index is 2.44. The minimum absolute atomic E-state index is 0.113. The van der Waals surface area contributed by atoms with Crippen LogP contribution in [0.15, 0.2) is 40.9 Å². The number of aliphatic hydroxyl groups is 1. The van der Waals surface area contributed by atoms with Gasteiger partial charge in [0.25, 0.3) is 0 Å². The number of hydrogen-bond donors (Lipinski definition) is 1. The van der Waals surface area contributed by atoms with Gasteiger partial charge in [-0.05, 0) is 35.9 Å². The van der Waals surface area contributed by atoms with Crippen molar-refractivity contribution in [1.82, 2.24) is 0 Å². The predicted molar refractivity (Wildman–Crippen MR) is 76.6 cm³/mol. The first-order chi connectivity index (χ1) is 9.81. The van der Waals surface area contributed by atoms with E-state index >= 15 is 0 Å². The molecule has 0 aromatic heterocycles. The molecule has 0 bridgehead atoms. The summed E-state index contributed by atoms with van der Waals surface area (Å²) in [4.78, 5) is 0. The third kappa shape index (κ3) is 3.90. The van der Waals surface area contributed by atoms with Crippen molar-refractivity contribution in [3.8, 4) is 11.5 Å². The minimum Gasteiger partial charge on any atom is -0.455 e. The number of benzene rings is 2. The van der Waals surface area contributed by atoms with Gasteiger partial charge in [0.05, 0.1) is 17.2 Å². The molecule has 1 N–H and O–H groups in total. The molecule has 2 rings (SSSR count). The Labute approximate surface area is 132 Å². The van der Waals surface area contributed by atoms with Crippen LogP contribution < -0.4 is 4.74 Å². The zero-order chi connectivity index (χ0) is 15.6. The van der Waals surface area contributed by atoms with E-state index in [0.717, 1.165) is 12.1 Å². The van der Waals surface area contributed by atoms with Gasteiger partial charge in [0, 0.05) is 4.47 Å². The monoisotopic (exact) mass is 380 g/mol. The van der Waals surface area contributed by atoms with Crippen LogP contribution in [-0.4, -0.2) is 5.11 Å². The molecule has 2 aromatic rings.